The molecule has 4 rings (SSSR count). The second kappa shape index (κ2) is 14.2. The van der Waals surface area contributed by atoms with Crippen LogP contribution in [0.25, 0.3) is 17.0 Å². The summed E-state index contributed by atoms with van der Waals surface area (Å²) in [6.45, 7) is 9.50. The van der Waals surface area contributed by atoms with E-state index >= 15 is 0 Å². The monoisotopic (exact) mass is 570 g/mol. The summed E-state index contributed by atoms with van der Waals surface area (Å²) in [5.41, 5.74) is 11.6. The van der Waals surface area contributed by atoms with E-state index in [-0.39, 0.29) is 5.91 Å². The first kappa shape index (κ1) is 30.2. The van der Waals surface area contributed by atoms with Crippen LogP contribution in [0.1, 0.15) is 57.0 Å². The molecule has 1 fully saturated rings. The second-order valence-corrected chi connectivity index (χ2v) is 11.1. The highest BCUT2D eigenvalue weighted by molar-refractivity contribution is 6.34. The predicted molar refractivity (Wildman–Crippen MR) is 169 cm³/mol. The third kappa shape index (κ3) is 7.69. The number of allylic oxidation sites excluding steroid dienone is 4. The summed E-state index contributed by atoms with van der Waals surface area (Å²) in [5.74, 6) is -0.138. The van der Waals surface area contributed by atoms with Gasteiger partial charge in [-0.3, -0.25) is 14.7 Å². The molecule has 0 spiro atoms. The van der Waals surface area contributed by atoms with Gasteiger partial charge in [-0.15, -0.1) is 0 Å². The van der Waals surface area contributed by atoms with Crippen molar-refractivity contribution in [1.29, 1.82) is 0 Å². The minimum Gasteiger partial charge on any atom is -0.405 e. The number of likely N-dealkylation sites (tertiary alicyclic amines) is 1. The first-order valence-corrected chi connectivity index (χ1v) is 14.5. The average Bonchev–Trinajstić information content (AvgIpc) is 3.46. The Morgan fingerprint density at radius 2 is 2.05 bits per heavy atom. The van der Waals surface area contributed by atoms with Crippen molar-refractivity contribution < 1.29 is 4.79 Å². The first-order valence-electron chi connectivity index (χ1n) is 14.1. The highest BCUT2D eigenvalue weighted by atomic mass is 35.5. The number of amides is 1. The number of nitrogens with one attached hydrogen (secondary N) is 1. The van der Waals surface area contributed by atoms with Crippen molar-refractivity contribution in [2.45, 2.75) is 65.5 Å². The van der Waals surface area contributed by atoms with E-state index in [4.69, 9.17) is 17.3 Å². The van der Waals surface area contributed by atoms with Gasteiger partial charge in [-0.1, -0.05) is 29.3 Å². The van der Waals surface area contributed by atoms with Gasteiger partial charge < -0.3 is 11.1 Å². The summed E-state index contributed by atoms with van der Waals surface area (Å²) in [7, 11) is 0. The quantitative estimate of drug-likeness (QED) is 0.208. The lowest BCUT2D eigenvalue weighted by Gasteiger charge is -2.28. The standard InChI is InChI=1S/C33H39ClN6O/c1-22(2)40-18-8-11-31(40)23(3)19-32(41)39-28-14-15-29-33(24(28)4)30(38-21-37-29)20-27(34)25(9-7-16-35)12-13-26-10-5-6-17-36-26/h5-7,9-10,14-17,19-22,31H,8,11-13,18,35H2,1-4H3,(H,39,41)/b16-7+,23-19-,25-9-,27-20+/t31-/m1/s1. The van der Waals surface area contributed by atoms with E-state index in [1.54, 1.807) is 18.3 Å². The first-order chi connectivity index (χ1) is 19.8. The number of anilines is 1. The lowest BCUT2D eigenvalue weighted by molar-refractivity contribution is -0.112. The van der Waals surface area contributed by atoms with E-state index in [1.807, 2.05) is 49.4 Å². The van der Waals surface area contributed by atoms with Gasteiger partial charge in [0.15, 0.2) is 0 Å². The highest BCUT2D eigenvalue weighted by Crippen LogP contribution is 2.31. The number of halogens is 1. The van der Waals surface area contributed by atoms with Crippen molar-refractivity contribution >= 4 is 40.2 Å². The zero-order valence-electron chi connectivity index (χ0n) is 24.3. The van der Waals surface area contributed by atoms with E-state index in [2.05, 4.69) is 45.9 Å². The fourth-order valence-electron chi connectivity index (χ4n) is 5.43. The van der Waals surface area contributed by atoms with Crippen LogP contribution in [0.4, 0.5) is 5.69 Å². The summed E-state index contributed by atoms with van der Waals surface area (Å²) in [6, 6.07) is 10.4. The number of nitrogens with two attached hydrogens (primary N) is 1. The van der Waals surface area contributed by atoms with Crippen LogP contribution < -0.4 is 11.1 Å². The summed E-state index contributed by atoms with van der Waals surface area (Å²) in [5, 5.41) is 4.48. The van der Waals surface area contributed by atoms with Crippen LogP contribution >= 0.6 is 11.6 Å². The van der Waals surface area contributed by atoms with E-state index in [0.717, 1.165) is 64.8 Å². The van der Waals surface area contributed by atoms with Crippen molar-refractivity contribution in [3.8, 4) is 0 Å². The maximum Gasteiger partial charge on any atom is 0.248 e. The molecule has 1 aliphatic rings. The molecule has 0 saturated carbocycles. The molecule has 1 aliphatic heterocycles. The molecular formula is C33H39ClN6O. The van der Waals surface area contributed by atoms with Crippen LogP contribution in [0.5, 0.6) is 0 Å². The Kier molecular flexibility index (Phi) is 10.4. The smallest absolute Gasteiger partial charge is 0.248 e. The van der Waals surface area contributed by atoms with Gasteiger partial charge in [0, 0.05) is 46.2 Å². The number of nitrogens with zero attached hydrogens (tertiary/aromatic N) is 4. The van der Waals surface area contributed by atoms with Crippen molar-refractivity contribution in [3.63, 3.8) is 0 Å². The van der Waals surface area contributed by atoms with Crippen LogP contribution in [0, 0.1) is 6.92 Å². The zero-order chi connectivity index (χ0) is 29.4. The highest BCUT2D eigenvalue weighted by Gasteiger charge is 2.28. The molecule has 41 heavy (non-hydrogen) atoms. The SMILES string of the molecule is C/C(=C/C(=O)Nc1ccc2ncnc(\C=C(Cl)/C(=C\C=C\N)CCc3ccccn3)c2c1C)[C@H]1CCCN1C(C)C. The van der Waals surface area contributed by atoms with Crippen LogP contribution in [0.3, 0.4) is 0 Å². The van der Waals surface area contributed by atoms with E-state index in [0.29, 0.717) is 29.2 Å². The number of fused-ring (bicyclic) bond motifs is 1. The van der Waals surface area contributed by atoms with Gasteiger partial charge in [0.2, 0.25) is 5.91 Å². The number of carbonyl (C=O) groups excluding carboxylic acids is 1. The molecule has 1 saturated heterocycles. The normalized spacial score (nSPS) is 17.2. The molecular weight excluding hydrogens is 532 g/mol. The Morgan fingerprint density at radius 1 is 1.22 bits per heavy atom. The number of hydrogen-bond donors (Lipinski definition) is 2. The molecule has 1 aromatic carbocycles. The Morgan fingerprint density at radius 3 is 2.78 bits per heavy atom. The van der Waals surface area contributed by atoms with Crippen molar-refractivity contribution in [3.05, 3.63) is 100 Å². The lowest BCUT2D eigenvalue weighted by atomic mass is 10.0. The van der Waals surface area contributed by atoms with Crippen molar-refractivity contribution in [1.82, 2.24) is 19.9 Å². The molecule has 0 radical (unpaired) electrons. The lowest BCUT2D eigenvalue weighted by Crippen LogP contribution is -2.36. The summed E-state index contributed by atoms with van der Waals surface area (Å²) >= 11 is 6.87. The molecule has 3 aromatic rings. The topological polar surface area (TPSA) is 97.0 Å². The number of pyridine rings is 1. The van der Waals surface area contributed by atoms with E-state index < -0.39 is 0 Å². The maximum atomic E-state index is 13.1. The van der Waals surface area contributed by atoms with Gasteiger partial charge in [-0.2, -0.15) is 0 Å². The number of hydrogen-bond acceptors (Lipinski definition) is 6. The second-order valence-electron chi connectivity index (χ2n) is 10.6. The maximum absolute atomic E-state index is 13.1. The van der Waals surface area contributed by atoms with Crippen LogP contribution in [-0.2, 0) is 11.2 Å². The molecule has 2 aromatic heterocycles. The van der Waals surface area contributed by atoms with Gasteiger partial charge in [0.25, 0.3) is 0 Å². The number of carbonyl (C=O) groups is 1. The Balaban J connectivity index is 1.60. The molecule has 0 aliphatic carbocycles. The average molecular weight is 571 g/mol. The number of benzene rings is 1. The summed E-state index contributed by atoms with van der Waals surface area (Å²) in [4.78, 5) is 29.0. The van der Waals surface area contributed by atoms with Gasteiger partial charge in [0.1, 0.15) is 6.33 Å². The van der Waals surface area contributed by atoms with E-state index in [9.17, 15) is 4.79 Å². The number of aryl methyl sites for hydroxylation is 2. The molecule has 3 N–H and O–H groups in total. The zero-order valence-corrected chi connectivity index (χ0v) is 25.0. The van der Waals surface area contributed by atoms with Gasteiger partial charge in [0.05, 0.1) is 11.2 Å². The Hall–Kier alpha value is -3.81. The Bertz CT molecular complexity index is 1490. The molecule has 214 valence electrons. The predicted octanol–water partition coefficient (Wildman–Crippen LogP) is 6.70. The molecule has 1 atom stereocenters. The van der Waals surface area contributed by atoms with Gasteiger partial charge in [-0.25, -0.2) is 9.97 Å². The fraction of sp³-hybridized carbons (Fsp3) is 0.333. The number of rotatable bonds is 10. The minimum absolute atomic E-state index is 0.138. The number of aromatic nitrogens is 3. The van der Waals surface area contributed by atoms with E-state index in [1.165, 1.54) is 12.5 Å². The molecule has 1 amide bonds. The molecule has 3 heterocycles. The minimum atomic E-state index is -0.138. The van der Waals surface area contributed by atoms with Crippen LogP contribution in [0.2, 0.25) is 0 Å². The van der Waals surface area contributed by atoms with Gasteiger partial charge >= 0.3 is 0 Å². The van der Waals surface area contributed by atoms with Gasteiger partial charge in [-0.05, 0) is 114 Å². The molecule has 8 heteroatoms. The largest absolute Gasteiger partial charge is 0.405 e. The molecule has 0 bridgehead atoms. The fourth-order valence-corrected chi connectivity index (χ4v) is 5.70. The van der Waals surface area contributed by atoms with Crippen LogP contribution in [0.15, 0.2) is 83.5 Å². The summed E-state index contributed by atoms with van der Waals surface area (Å²) < 4.78 is 0. The van der Waals surface area contributed by atoms with Crippen molar-refractivity contribution in [2.24, 2.45) is 5.73 Å². The molecule has 0 unspecified atom stereocenters. The third-order valence-electron chi connectivity index (χ3n) is 7.55. The third-order valence-corrected chi connectivity index (χ3v) is 7.90. The summed E-state index contributed by atoms with van der Waals surface area (Å²) in [6.07, 6.45) is 15.7. The van der Waals surface area contributed by atoms with Crippen LogP contribution in [-0.4, -0.2) is 44.4 Å². The Labute approximate surface area is 247 Å². The van der Waals surface area contributed by atoms with Crippen molar-refractivity contribution in [2.75, 3.05) is 11.9 Å². The molecule has 7 nitrogen and oxygen atoms in total.